The molecule has 0 aliphatic carbocycles. The van der Waals surface area contributed by atoms with E-state index in [0.29, 0.717) is 11.4 Å². The van der Waals surface area contributed by atoms with E-state index >= 15 is 0 Å². The van der Waals surface area contributed by atoms with Crippen LogP contribution in [0.5, 0.6) is 0 Å². The molecule has 1 heterocycles. The molecule has 1 aliphatic rings. The number of nitrogens with zero attached hydrogens (tertiary/aromatic N) is 1. The van der Waals surface area contributed by atoms with Gasteiger partial charge in [-0.1, -0.05) is 26.0 Å². The molecule has 2 rings (SSSR count). The van der Waals surface area contributed by atoms with Crippen molar-refractivity contribution in [3.05, 3.63) is 29.8 Å². The summed E-state index contributed by atoms with van der Waals surface area (Å²) in [5.74, 6) is -0.327. The van der Waals surface area contributed by atoms with E-state index in [1.165, 1.54) is 16.7 Å². The van der Waals surface area contributed by atoms with Crippen LogP contribution in [0, 0.1) is 12.8 Å². The SMILES string of the molecule is Cc1cccc(NC(=O)N2C(C(=O)O)CSC2C(C)C)c1. The highest BCUT2D eigenvalue weighted by atomic mass is 32.2. The van der Waals surface area contributed by atoms with Gasteiger partial charge >= 0.3 is 12.0 Å². The number of rotatable bonds is 3. The van der Waals surface area contributed by atoms with Crippen molar-refractivity contribution in [1.29, 1.82) is 0 Å². The summed E-state index contributed by atoms with van der Waals surface area (Å²) in [6.45, 7) is 5.93. The number of benzene rings is 1. The Morgan fingerprint density at radius 2 is 2.14 bits per heavy atom. The van der Waals surface area contributed by atoms with Crippen molar-refractivity contribution >= 4 is 29.4 Å². The molecule has 0 aromatic heterocycles. The average molecular weight is 308 g/mol. The van der Waals surface area contributed by atoms with Gasteiger partial charge in [-0.2, -0.15) is 0 Å². The lowest BCUT2D eigenvalue weighted by Crippen LogP contribution is -2.49. The number of hydrogen-bond acceptors (Lipinski definition) is 3. The summed E-state index contributed by atoms with van der Waals surface area (Å²) >= 11 is 1.52. The first-order chi connectivity index (χ1) is 9.90. The Morgan fingerprint density at radius 3 is 2.71 bits per heavy atom. The monoisotopic (exact) mass is 308 g/mol. The number of anilines is 1. The molecule has 2 atom stereocenters. The van der Waals surface area contributed by atoms with Gasteiger partial charge < -0.3 is 10.4 Å². The van der Waals surface area contributed by atoms with Gasteiger partial charge in [0.05, 0.1) is 5.37 Å². The molecule has 114 valence electrons. The number of aliphatic carboxylic acids is 1. The van der Waals surface area contributed by atoms with E-state index in [2.05, 4.69) is 5.32 Å². The minimum atomic E-state index is -0.954. The number of carboxylic acid groups (broad SMARTS) is 1. The molecule has 21 heavy (non-hydrogen) atoms. The van der Waals surface area contributed by atoms with Crippen LogP contribution in [0.3, 0.4) is 0 Å². The lowest BCUT2D eigenvalue weighted by molar-refractivity contribution is -0.141. The molecule has 0 bridgehead atoms. The predicted octanol–water partition coefficient (Wildman–Crippen LogP) is 3.01. The highest BCUT2D eigenvalue weighted by molar-refractivity contribution is 8.00. The van der Waals surface area contributed by atoms with Crippen LogP contribution >= 0.6 is 11.8 Å². The second-order valence-electron chi connectivity index (χ2n) is 5.53. The van der Waals surface area contributed by atoms with Crippen molar-refractivity contribution < 1.29 is 14.7 Å². The van der Waals surface area contributed by atoms with Gasteiger partial charge in [0.1, 0.15) is 6.04 Å². The molecule has 2 N–H and O–H groups in total. The molecule has 1 aliphatic heterocycles. The van der Waals surface area contributed by atoms with Crippen molar-refractivity contribution in [1.82, 2.24) is 4.90 Å². The van der Waals surface area contributed by atoms with Crippen LogP contribution in [0.25, 0.3) is 0 Å². The van der Waals surface area contributed by atoms with Crippen molar-refractivity contribution in [3.63, 3.8) is 0 Å². The third-order valence-electron chi connectivity index (χ3n) is 3.39. The molecule has 2 amide bonds. The first-order valence-electron chi connectivity index (χ1n) is 6.90. The molecule has 1 aromatic rings. The lowest BCUT2D eigenvalue weighted by atomic mass is 10.1. The summed E-state index contributed by atoms with van der Waals surface area (Å²) in [7, 11) is 0. The number of amides is 2. The van der Waals surface area contributed by atoms with Gasteiger partial charge in [-0.05, 0) is 30.5 Å². The average Bonchev–Trinajstić information content (AvgIpc) is 2.83. The quantitative estimate of drug-likeness (QED) is 0.900. The van der Waals surface area contributed by atoms with Crippen LogP contribution in [0.2, 0.25) is 0 Å². The summed E-state index contributed by atoms with van der Waals surface area (Å²) < 4.78 is 0. The molecule has 1 aromatic carbocycles. The maximum atomic E-state index is 12.5. The third kappa shape index (κ3) is 3.50. The molecule has 1 saturated heterocycles. The zero-order valence-electron chi connectivity index (χ0n) is 12.4. The topological polar surface area (TPSA) is 69.6 Å². The standard InChI is InChI=1S/C15H20N2O3S/c1-9(2)13-17(12(8-21-13)14(18)19)15(20)16-11-6-4-5-10(3)7-11/h4-7,9,12-13H,8H2,1-3H3,(H,16,20)(H,18,19). The second-order valence-corrected chi connectivity index (χ2v) is 6.68. The normalized spacial score (nSPS) is 21.6. The van der Waals surface area contributed by atoms with Gasteiger partial charge in [0.15, 0.2) is 0 Å². The zero-order valence-corrected chi connectivity index (χ0v) is 13.2. The van der Waals surface area contributed by atoms with Gasteiger partial charge in [-0.25, -0.2) is 9.59 Å². The molecule has 0 spiro atoms. The number of thioether (sulfide) groups is 1. The molecule has 0 radical (unpaired) electrons. The van der Waals surface area contributed by atoms with Gasteiger partial charge in [0.2, 0.25) is 0 Å². The van der Waals surface area contributed by atoms with Crippen molar-refractivity contribution in [3.8, 4) is 0 Å². The highest BCUT2D eigenvalue weighted by Gasteiger charge is 2.42. The number of nitrogens with one attached hydrogen (secondary N) is 1. The van der Waals surface area contributed by atoms with Crippen LogP contribution in [-0.4, -0.2) is 39.2 Å². The Balaban J connectivity index is 2.19. The maximum Gasteiger partial charge on any atom is 0.327 e. The number of aryl methyl sites for hydroxylation is 1. The first kappa shape index (κ1) is 15.7. The lowest BCUT2D eigenvalue weighted by Gasteiger charge is -2.29. The number of hydrogen-bond donors (Lipinski definition) is 2. The summed E-state index contributed by atoms with van der Waals surface area (Å²) in [4.78, 5) is 25.3. The fourth-order valence-corrected chi connectivity index (χ4v) is 3.87. The Morgan fingerprint density at radius 1 is 1.43 bits per heavy atom. The molecular weight excluding hydrogens is 288 g/mol. The van der Waals surface area contributed by atoms with E-state index in [4.69, 9.17) is 0 Å². The second kappa shape index (κ2) is 6.39. The largest absolute Gasteiger partial charge is 0.480 e. The molecule has 6 heteroatoms. The van der Waals surface area contributed by atoms with Crippen LogP contribution < -0.4 is 5.32 Å². The van der Waals surface area contributed by atoms with Gasteiger partial charge in [-0.3, -0.25) is 4.90 Å². The molecule has 0 saturated carbocycles. The van der Waals surface area contributed by atoms with Crippen molar-refractivity contribution in [2.45, 2.75) is 32.2 Å². The highest BCUT2D eigenvalue weighted by Crippen LogP contribution is 2.34. The fraction of sp³-hybridized carbons (Fsp3) is 0.467. The van der Waals surface area contributed by atoms with Crippen LogP contribution in [0.1, 0.15) is 19.4 Å². The van der Waals surface area contributed by atoms with Crippen molar-refractivity contribution in [2.24, 2.45) is 5.92 Å². The van der Waals surface area contributed by atoms with Gasteiger partial charge in [-0.15, -0.1) is 11.8 Å². The Kier molecular flexibility index (Phi) is 4.77. The van der Waals surface area contributed by atoms with Gasteiger partial charge in [0.25, 0.3) is 0 Å². The minimum Gasteiger partial charge on any atom is -0.480 e. The van der Waals surface area contributed by atoms with Crippen molar-refractivity contribution in [2.75, 3.05) is 11.1 Å². The van der Waals surface area contributed by atoms with Gasteiger partial charge in [0, 0.05) is 11.4 Å². The van der Waals surface area contributed by atoms with Crippen LogP contribution in [-0.2, 0) is 4.79 Å². The third-order valence-corrected chi connectivity index (χ3v) is 5.02. The molecular formula is C15H20N2O3S. The Labute approximate surface area is 128 Å². The summed E-state index contributed by atoms with van der Waals surface area (Å²) in [6, 6.07) is 6.34. The van der Waals surface area contributed by atoms with E-state index in [1.54, 1.807) is 6.07 Å². The smallest absolute Gasteiger partial charge is 0.327 e. The van der Waals surface area contributed by atoms with E-state index < -0.39 is 12.0 Å². The van der Waals surface area contributed by atoms with Crippen LogP contribution in [0.15, 0.2) is 24.3 Å². The summed E-state index contributed by atoms with van der Waals surface area (Å²) in [6.07, 6.45) is 0. The maximum absolute atomic E-state index is 12.5. The summed E-state index contributed by atoms with van der Waals surface area (Å²) in [5, 5.41) is 12.0. The van der Waals surface area contributed by atoms with E-state index in [1.807, 2.05) is 39.0 Å². The first-order valence-corrected chi connectivity index (χ1v) is 7.95. The van der Waals surface area contributed by atoms with E-state index in [0.717, 1.165) is 5.56 Å². The Bertz CT molecular complexity index is 547. The number of carbonyl (C=O) groups is 2. The molecule has 2 unspecified atom stereocenters. The zero-order chi connectivity index (χ0) is 15.6. The van der Waals surface area contributed by atoms with Crippen LogP contribution in [0.4, 0.5) is 10.5 Å². The summed E-state index contributed by atoms with van der Waals surface area (Å²) in [5.41, 5.74) is 1.72. The number of carboxylic acids is 1. The van der Waals surface area contributed by atoms with E-state index in [9.17, 15) is 14.7 Å². The number of urea groups is 1. The molecule has 1 fully saturated rings. The molecule has 5 nitrogen and oxygen atoms in total. The minimum absolute atomic E-state index is 0.115. The Hall–Kier alpha value is -1.69. The fourth-order valence-electron chi connectivity index (χ4n) is 2.40. The van der Waals surface area contributed by atoms with E-state index in [-0.39, 0.29) is 17.3 Å². The number of carbonyl (C=O) groups excluding carboxylic acids is 1. The predicted molar refractivity (Wildman–Crippen MR) is 84.5 cm³/mol.